The molecule has 1 aliphatic rings. The van der Waals surface area contributed by atoms with Gasteiger partial charge in [0.2, 0.25) is 5.95 Å². The molecule has 1 fully saturated rings. The first-order chi connectivity index (χ1) is 11.7. The predicted molar refractivity (Wildman–Crippen MR) is 92.8 cm³/mol. The Kier molecular flexibility index (Phi) is 3.72. The molecular weight excluding hydrogens is 300 g/mol. The molecule has 1 atom stereocenters. The third-order valence-electron chi connectivity index (χ3n) is 4.41. The molecule has 0 unspecified atom stereocenters. The summed E-state index contributed by atoms with van der Waals surface area (Å²) in [6.45, 7) is 5.97. The first kappa shape index (κ1) is 14.8. The maximum Gasteiger partial charge on any atom is 0.225 e. The summed E-state index contributed by atoms with van der Waals surface area (Å²) in [4.78, 5) is 15.8. The van der Waals surface area contributed by atoms with E-state index in [9.17, 15) is 0 Å². The number of hydrogen-bond donors (Lipinski definition) is 0. The maximum absolute atomic E-state index is 4.70. The van der Waals surface area contributed by atoms with Crippen molar-refractivity contribution in [3.05, 3.63) is 54.1 Å². The van der Waals surface area contributed by atoms with Crippen molar-refractivity contribution >= 4 is 5.95 Å². The lowest BCUT2D eigenvalue weighted by molar-refractivity contribution is 0.480. The number of rotatable bonds is 3. The SMILES string of the molecule is Cc1cc(C)n([C@H]2CCN(c3nccc(-c4ccccn4)n3)C2)n1. The summed E-state index contributed by atoms with van der Waals surface area (Å²) < 4.78 is 2.14. The van der Waals surface area contributed by atoms with Gasteiger partial charge in [0, 0.05) is 31.2 Å². The number of hydrogen-bond acceptors (Lipinski definition) is 5. The zero-order chi connectivity index (χ0) is 16.5. The van der Waals surface area contributed by atoms with E-state index in [1.165, 1.54) is 5.69 Å². The Balaban J connectivity index is 1.56. The lowest BCUT2D eigenvalue weighted by atomic mass is 10.2. The zero-order valence-corrected chi connectivity index (χ0v) is 13.9. The van der Waals surface area contributed by atoms with Gasteiger partial charge in [-0.2, -0.15) is 5.10 Å². The van der Waals surface area contributed by atoms with Crippen LogP contribution in [0.15, 0.2) is 42.7 Å². The summed E-state index contributed by atoms with van der Waals surface area (Å²) in [7, 11) is 0. The van der Waals surface area contributed by atoms with E-state index in [2.05, 4.69) is 37.6 Å². The molecule has 122 valence electrons. The highest BCUT2D eigenvalue weighted by molar-refractivity contribution is 5.55. The van der Waals surface area contributed by atoms with E-state index in [1.54, 1.807) is 6.20 Å². The van der Waals surface area contributed by atoms with E-state index in [4.69, 9.17) is 4.98 Å². The molecule has 6 nitrogen and oxygen atoms in total. The van der Waals surface area contributed by atoms with E-state index >= 15 is 0 Å². The van der Waals surface area contributed by atoms with Crippen LogP contribution in [0.25, 0.3) is 11.4 Å². The molecule has 3 aromatic rings. The number of aromatic nitrogens is 5. The van der Waals surface area contributed by atoms with Crippen molar-refractivity contribution in [2.45, 2.75) is 26.3 Å². The summed E-state index contributed by atoms with van der Waals surface area (Å²) in [5.41, 5.74) is 4.01. The van der Waals surface area contributed by atoms with E-state index in [0.717, 1.165) is 42.5 Å². The van der Waals surface area contributed by atoms with Crippen molar-refractivity contribution in [1.29, 1.82) is 0 Å². The van der Waals surface area contributed by atoms with Crippen LogP contribution in [0, 0.1) is 13.8 Å². The summed E-state index contributed by atoms with van der Waals surface area (Å²) in [6.07, 6.45) is 4.65. The topological polar surface area (TPSA) is 59.7 Å². The average molecular weight is 320 g/mol. The van der Waals surface area contributed by atoms with Crippen LogP contribution in [0.4, 0.5) is 5.95 Å². The maximum atomic E-state index is 4.70. The summed E-state index contributed by atoms with van der Waals surface area (Å²) in [5.74, 6) is 0.766. The molecule has 0 aromatic carbocycles. The van der Waals surface area contributed by atoms with Gasteiger partial charge in [0.1, 0.15) is 0 Å². The molecule has 4 rings (SSSR count). The van der Waals surface area contributed by atoms with Gasteiger partial charge < -0.3 is 4.90 Å². The Morgan fingerprint density at radius 3 is 2.71 bits per heavy atom. The molecule has 0 radical (unpaired) electrons. The van der Waals surface area contributed by atoms with E-state index < -0.39 is 0 Å². The van der Waals surface area contributed by atoms with Crippen LogP contribution in [-0.2, 0) is 0 Å². The molecule has 0 spiro atoms. The molecule has 0 bridgehead atoms. The fourth-order valence-electron chi connectivity index (χ4n) is 3.30. The van der Waals surface area contributed by atoms with E-state index in [1.807, 2.05) is 37.4 Å². The largest absolute Gasteiger partial charge is 0.339 e. The molecule has 1 aliphatic heterocycles. The minimum Gasteiger partial charge on any atom is -0.339 e. The first-order valence-electron chi connectivity index (χ1n) is 8.23. The van der Waals surface area contributed by atoms with Crippen LogP contribution in [0.2, 0.25) is 0 Å². The fraction of sp³-hybridized carbons (Fsp3) is 0.333. The smallest absolute Gasteiger partial charge is 0.225 e. The minimum absolute atomic E-state index is 0.376. The van der Waals surface area contributed by atoms with Crippen LogP contribution >= 0.6 is 0 Å². The van der Waals surface area contributed by atoms with Gasteiger partial charge in [0.15, 0.2) is 0 Å². The van der Waals surface area contributed by atoms with Crippen molar-refractivity contribution in [3.8, 4) is 11.4 Å². The van der Waals surface area contributed by atoms with E-state index in [0.29, 0.717) is 6.04 Å². The summed E-state index contributed by atoms with van der Waals surface area (Å²) >= 11 is 0. The van der Waals surface area contributed by atoms with Gasteiger partial charge in [0.05, 0.1) is 23.1 Å². The highest BCUT2D eigenvalue weighted by Gasteiger charge is 2.27. The molecule has 6 heteroatoms. The highest BCUT2D eigenvalue weighted by Crippen LogP contribution is 2.26. The predicted octanol–water partition coefficient (Wildman–Crippen LogP) is 2.80. The molecular formula is C18H20N6. The van der Waals surface area contributed by atoms with E-state index in [-0.39, 0.29) is 0 Å². The Labute approximate surface area is 141 Å². The van der Waals surface area contributed by atoms with Crippen LogP contribution < -0.4 is 4.90 Å². The normalized spacial score (nSPS) is 17.4. The molecule has 4 heterocycles. The summed E-state index contributed by atoms with van der Waals surface area (Å²) in [6, 6.07) is 10.3. The van der Waals surface area contributed by atoms with Gasteiger partial charge in [0.25, 0.3) is 0 Å². The van der Waals surface area contributed by atoms with Gasteiger partial charge in [-0.1, -0.05) is 6.07 Å². The quantitative estimate of drug-likeness (QED) is 0.742. The van der Waals surface area contributed by atoms with Crippen molar-refractivity contribution < 1.29 is 0 Å². The van der Waals surface area contributed by atoms with Gasteiger partial charge >= 0.3 is 0 Å². The lowest BCUT2D eigenvalue weighted by Crippen LogP contribution is -2.23. The Hall–Kier alpha value is -2.76. The first-order valence-corrected chi connectivity index (χ1v) is 8.23. The van der Waals surface area contributed by atoms with Gasteiger partial charge in [-0.3, -0.25) is 9.67 Å². The van der Waals surface area contributed by atoms with Crippen molar-refractivity contribution in [3.63, 3.8) is 0 Å². The fourth-order valence-corrected chi connectivity index (χ4v) is 3.30. The third kappa shape index (κ3) is 2.75. The minimum atomic E-state index is 0.376. The molecule has 0 saturated carbocycles. The second-order valence-electron chi connectivity index (χ2n) is 6.22. The molecule has 24 heavy (non-hydrogen) atoms. The standard InChI is InChI=1S/C18H20N6/c1-13-11-14(2)24(22-13)15-7-10-23(12-15)18-20-9-6-17(21-18)16-5-3-4-8-19-16/h3-6,8-9,11,15H,7,10,12H2,1-2H3/t15-/m0/s1. The van der Waals surface area contributed by atoms with Crippen LogP contribution in [0.3, 0.4) is 0 Å². The highest BCUT2D eigenvalue weighted by atomic mass is 15.4. The summed E-state index contributed by atoms with van der Waals surface area (Å²) in [5, 5.41) is 4.62. The monoisotopic (exact) mass is 320 g/mol. The Morgan fingerprint density at radius 2 is 1.96 bits per heavy atom. The lowest BCUT2D eigenvalue weighted by Gasteiger charge is -2.17. The second-order valence-corrected chi connectivity index (χ2v) is 6.22. The van der Waals surface area contributed by atoms with Crippen molar-refractivity contribution in [1.82, 2.24) is 24.7 Å². The van der Waals surface area contributed by atoms with Gasteiger partial charge in [-0.15, -0.1) is 0 Å². The zero-order valence-electron chi connectivity index (χ0n) is 13.9. The molecule has 0 aliphatic carbocycles. The van der Waals surface area contributed by atoms with Gasteiger partial charge in [-0.25, -0.2) is 9.97 Å². The van der Waals surface area contributed by atoms with Crippen LogP contribution in [-0.4, -0.2) is 37.8 Å². The Bertz CT molecular complexity index is 842. The average Bonchev–Trinajstić information content (AvgIpc) is 3.22. The third-order valence-corrected chi connectivity index (χ3v) is 4.41. The Morgan fingerprint density at radius 1 is 1.04 bits per heavy atom. The molecule has 0 N–H and O–H groups in total. The van der Waals surface area contributed by atoms with Crippen LogP contribution in [0.1, 0.15) is 23.9 Å². The van der Waals surface area contributed by atoms with Crippen molar-refractivity contribution in [2.24, 2.45) is 0 Å². The van der Waals surface area contributed by atoms with Gasteiger partial charge in [-0.05, 0) is 44.5 Å². The van der Waals surface area contributed by atoms with Crippen molar-refractivity contribution in [2.75, 3.05) is 18.0 Å². The van der Waals surface area contributed by atoms with Crippen LogP contribution in [0.5, 0.6) is 0 Å². The number of aryl methyl sites for hydroxylation is 2. The molecule has 1 saturated heterocycles. The number of nitrogens with zero attached hydrogens (tertiary/aromatic N) is 6. The molecule has 0 amide bonds. The molecule has 3 aromatic heterocycles. The number of pyridine rings is 1. The number of anilines is 1. The second kappa shape index (κ2) is 6.03.